The van der Waals surface area contributed by atoms with Crippen molar-refractivity contribution in [2.45, 2.75) is 19.3 Å². The van der Waals surface area contributed by atoms with Crippen molar-refractivity contribution in [1.82, 2.24) is 4.90 Å². The number of benzene rings is 2. The largest absolute Gasteiger partial charge is 0.497 e. The van der Waals surface area contributed by atoms with Crippen molar-refractivity contribution in [3.63, 3.8) is 0 Å². The van der Waals surface area contributed by atoms with Crippen molar-refractivity contribution in [2.75, 3.05) is 33.9 Å². The Kier molecular flexibility index (Phi) is 7.96. The number of carbonyl (C=O) groups is 1. The van der Waals surface area contributed by atoms with E-state index in [1.54, 1.807) is 14.2 Å². The van der Waals surface area contributed by atoms with Crippen molar-refractivity contribution in [3.8, 4) is 11.5 Å². The van der Waals surface area contributed by atoms with Crippen LogP contribution in [0.1, 0.15) is 17.5 Å². The zero-order valence-electron chi connectivity index (χ0n) is 15.6. The Hall–Kier alpha value is -2.53. The molecule has 5 nitrogen and oxygen atoms in total. The topological polar surface area (TPSA) is 64.8 Å². The standard InChI is InChI=1S/C21H28N2O3/c1-25-19-14-18(15-20(16-19)26-2)8-9-21(24)23(13-11-22)12-10-17-6-4-3-5-7-17/h3-7,14-16H,8-13,22H2,1-2H3. The average Bonchev–Trinajstić information content (AvgIpc) is 2.69. The normalized spacial score (nSPS) is 10.4. The summed E-state index contributed by atoms with van der Waals surface area (Å²) in [7, 11) is 3.24. The van der Waals surface area contributed by atoms with Crippen LogP contribution in [0.5, 0.6) is 11.5 Å². The van der Waals surface area contributed by atoms with Crippen molar-refractivity contribution >= 4 is 5.91 Å². The van der Waals surface area contributed by atoms with Crippen LogP contribution in [0.25, 0.3) is 0 Å². The van der Waals surface area contributed by atoms with E-state index in [1.807, 2.05) is 41.3 Å². The predicted molar refractivity (Wildman–Crippen MR) is 104 cm³/mol. The van der Waals surface area contributed by atoms with Gasteiger partial charge in [-0.05, 0) is 36.1 Å². The van der Waals surface area contributed by atoms with Gasteiger partial charge in [-0.15, -0.1) is 0 Å². The van der Waals surface area contributed by atoms with E-state index in [4.69, 9.17) is 15.2 Å². The van der Waals surface area contributed by atoms with Crippen LogP contribution in [0.15, 0.2) is 48.5 Å². The van der Waals surface area contributed by atoms with E-state index in [0.29, 0.717) is 32.5 Å². The van der Waals surface area contributed by atoms with Crippen LogP contribution in [0.2, 0.25) is 0 Å². The lowest BCUT2D eigenvalue weighted by Gasteiger charge is -2.22. The number of nitrogens with zero attached hydrogens (tertiary/aromatic N) is 1. The summed E-state index contributed by atoms with van der Waals surface area (Å²) in [6.07, 6.45) is 1.91. The molecule has 26 heavy (non-hydrogen) atoms. The fourth-order valence-corrected chi connectivity index (χ4v) is 2.85. The summed E-state index contributed by atoms with van der Waals surface area (Å²) in [4.78, 5) is 14.5. The number of carbonyl (C=O) groups excluding carboxylic acids is 1. The molecule has 0 aliphatic rings. The van der Waals surface area contributed by atoms with Gasteiger partial charge in [-0.1, -0.05) is 30.3 Å². The van der Waals surface area contributed by atoms with Gasteiger partial charge in [-0.2, -0.15) is 0 Å². The summed E-state index contributed by atoms with van der Waals surface area (Å²) < 4.78 is 10.6. The van der Waals surface area contributed by atoms with Crippen LogP contribution < -0.4 is 15.2 Å². The van der Waals surface area contributed by atoms with Gasteiger partial charge in [0.05, 0.1) is 14.2 Å². The molecule has 0 saturated carbocycles. The number of aryl methyl sites for hydroxylation is 1. The van der Waals surface area contributed by atoms with Gasteiger partial charge in [0.25, 0.3) is 0 Å². The van der Waals surface area contributed by atoms with E-state index in [9.17, 15) is 4.79 Å². The molecule has 0 aliphatic carbocycles. The average molecular weight is 356 g/mol. The highest BCUT2D eigenvalue weighted by molar-refractivity contribution is 5.76. The molecule has 0 spiro atoms. The molecule has 5 heteroatoms. The van der Waals surface area contributed by atoms with E-state index in [-0.39, 0.29) is 5.91 Å². The van der Waals surface area contributed by atoms with Crippen molar-refractivity contribution < 1.29 is 14.3 Å². The minimum Gasteiger partial charge on any atom is -0.497 e. The van der Waals surface area contributed by atoms with Gasteiger partial charge in [-0.3, -0.25) is 4.79 Å². The maximum Gasteiger partial charge on any atom is 0.222 e. The van der Waals surface area contributed by atoms with Gasteiger partial charge >= 0.3 is 0 Å². The van der Waals surface area contributed by atoms with Crippen molar-refractivity contribution in [3.05, 3.63) is 59.7 Å². The third-order valence-corrected chi connectivity index (χ3v) is 4.30. The Balaban J connectivity index is 1.94. The highest BCUT2D eigenvalue weighted by atomic mass is 16.5. The van der Waals surface area contributed by atoms with Gasteiger partial charge in [-0.25, -0.2) is 0 Å². The maximum absolute atomic E-state index is 12.6. The minimum atomic E-state index is 0.119. The minimum absolute atomic E-state index is 0.119. The first-order valence-corrected chi connectivity index (χ1v) is 8.90. The molecule has 2 aromatic carbocycles. The van der Waals surface area contributed by atoms with Crippen LogP contribution in [0.3, 0.4) is 0 Å². The van der Waals surface area contributed by atoms with Crippen LogP contribution in [0, 0.1) is 0 Å². The summed E-state index contributed by atoms with van der Waals surface area (Å²) in [6, 6.07) is 15.9. The Morgan fingerprint density at radius 1 is 0.923 bits per heavy atom. The molecular weight excluding hydrogens is 328 g/mol. The van der Waals surface area contributed by atoms with Gasteiger partial charge in [0.15, 0.2) is 0 Å². The quantitative estimate of drug-likeness (QED) is 0.711. The number of methoxy groups -OCH3 is 2. The molecule has 0 heterocycles. The second-order valence-corrected chi connectivity index (χ2v) is 6.13. The van der Waals surface area contributed by atoms with E-state index in [1.165, 1.54) is 5.56 Å². The van der Waals surface area contributed by atoms with Crippen LogP contribution in [-0.2, 0) is 17.6 Å². The molecule has 0 unspecified atom stereocenters. The first-order valence-electron chi connectivity index (χ1n) is 8.90. The van der Waals surface area contributed by atoms with Crippen molar-refractivity contribution in [2.24, 2.45) is 5.73 Å². The smallest absolute Gasteiger partial charge is 0.222 e. The molecule has 0 aromatic heterocycles. The molecule has 0 bridgehead atoms. The van der Waals surface area contributed by atoms with Crippen LogP contribution in [0.4, 0.5) is 0 Å². The lowest BCUT2D eigenvalue weighted by atomic mass is 10.1. The highest BCUT2D eigenvalue weighted by Crippen LogP contribution is 2.23. The zero-order valence-corrected chi connectivity index (χ0v) is 15.6. The predicted octanol–water partition coefficient (Wildman–Crippen LogP) is 2.67. The molecule has 0 aliphatic heterocycles. The first-order chi connectivity index (χ1) is 12.7. The Morgan fingerprint density at radius 3 is 2.15 bits per heavy atom. The summed E-state index contributed by atoms with van der Waals surface area (Å²) in [5, 5.41) is 0. The Bertz CT molecular complexity index is 667. The van der Waals surface area contributed by atoms with Crippen molar-refractivity contribution in [1.29, 1.82) is 0 Å². The summed E-state index contributed by atoms with van der Waals surface area (Å²) in [5.41, 5.74) is 7.93. The molecule has 2 N–H and O–H groups in total. The summed E-state index contributed by atoms with van der Waals surface area (Å²) in [6.45, 7) is 1.72. The molecular formula is C21H28N2O3. The molecule has 1 amide bonds. The number of nitrogens with two attached hydrogens (primary N) is 1. The zero-order chi connectivity index (χ0) is 18.8. The summed E-state index contributed by atoms with van der Waals surface area (Å²) >= 11 is 0. The van der Waals surface area contributed by atoms with Gasteiger partial charge in [0.2, 0.25) is 5.91 Å². The van der Waals surface area contributed by atoms with Gasteiger partial charge in [0, 0.05) is 32.1 Å². The van der Waals surface area contributed by atoms with Crippen LogP contribution in [-0.4, -0.2) is 44.7 Å². The fraction of sp³-hybridized carbons (Fsp3) is 0.381. The molecule has 0 atom stereocenters. The first kappa shape index (κ1) is 19.8. The SMILES string of the molecule is COc1cc(CCC(=O)N(CCN)CCc2ccccc2)cc(OC)c1. The van der Waals surface area contributed by atoms with Crippen LogP contribution >= 0.6 is 0 Å². The third-order valence-electron chi connectivity index (χ3n) is 4.30. The molecule has 0 saturated heterocycles. The lowest BCUT2D eigenvalue weighted by molar-refractivity contribution is -0.131. The third kappa shape index (κ3) is 6.08. The Labute approximate surface area is 155 Å². The lowest BCUT2D eigenvalue weighted by Crippen LogP contribution is -2.37. The number of hydrogen-bond donors (Lipinski definition) is 1. The monoisotopic (exact) mass is 356 g/mol. The Morgan fingerprint density at radius 2 is 1.58 bits per heavy atom. The van der Waals surface area contributed by atoms with E-state index >= 15 is 0 Å². The molecule has 140 valence electrons. The molecule has 2 aromatic rings. The molecule has 0 radical (unpaired) electrons. The number of amides is 1. The number of ether oxygens (including phenoxy) is 2. The number of rotatable bonds is 10. The second kappa shape index (κ2) is 10.5. The van der Waals surface area contributed by atoms with Gasteiger partial charge < -0.3 is 20.1 Å². The fourth-order valence-electron chi connectivity index (χ4n) is 2.85. The highest BCUT2D eigenvalue weighted by Gasteiger charge is 2.13. The maximum atomic E-state index is 12.6. The number of hydrogen-bond acceptors (Lipinski definition) is 4. The second-order valence-electron chi connectivity index (χ2n) is 6.13. The van der Waals surface area contributed by atoms with E-state index in [0.717, 1.165) is 23.5 Å². The van der Waals surface area contributed by atoms with E-state index < -0.39 is 0 Å². The van der Waals surface area contributed by atoms with Gasteiger partial charge in [0.1, 0.15) is 11.5 Å². The molecule has 0 fully saturated rings. The van der Waals surface area contributed by atoms with E-state index in [2.05, 4.69) is 12.1 Å². The molecule has 2 rings (SSSR count). The summed E-state index contributed by atoms with van der Waals surface area (Å²) in [5.74, 6) is 1.58.